The van der Waals surface area contributed by atoms with Gasteiger partial charge in [0.05, 0.1) is 29.2 Å². The number of carbonyl (C=O) groups excluding carboxylic acids is 3. The highest BCUT2D eigenvalue weighted by molar-refractivity contribution is 8.02. The maximum Gasteiger partial charge on any atom is 0.244 e. The fourth-order valence-electron chi connectivity index (χ4n) is 6.45. The van der Waals surface area contributed by atoms with E-state index in [1.54, 1.807) is 16.7 Å². The summed E-state index contributed by atoms with van der Waals surface area (Å²) in [6.45, 7) is 6.95. The zero-order valence-electron chi connectivity index (χ0n) is 21.0. The molecule has 1 aromatic carbocycles. The number of likely N-dealkylation sites (tertiary alicyclic amines) is 1. The lowest BCUT2D eigenvalue weighted by Gasteiger charge is -2.40. The molecule has 35 heavy (non-hydrogen) atoms. The molecule has 3 amide bonds. The number of hydrogen-bond donors (Lipinski definition) is 3. The van der Waals surface area contributed by atoms with E-state index in [0.717, 1.165) is 31.2 Å². The topological polar surface area (TPSA) is 98.7 Å². The first kappa shape index (κ1) is 26.0. The fraction of sp³-hybridized carbons (Fsp3) is 0.667. The number of unbranched alkanes of at least 4 members (excludes halogenated alkanes) is 2. The van der Waals surface area contributed by atoms with Crippen LogP contribution in [0.25, 0.3) is 0 Å². The van der Waals surface area contributed by atoms with Gasteiger partial charge in [0.15, 0.2) is 0 Å². The predicted octanol–water partition coefficient (Wildman–Crippen LogP) is 2.72. The Hall–Kier alpha value is -2.06. The Morgan fingerprint density at radius 2 is 1.91 bits per heavy atom. The number of aliphatic hydroxyl groups excluding tert-OH is 1. The molecule has 0 aromatic heterocycles. The van der Waals surface area contributed by atoms with Crippen LogP contribution in [0.1, 0.15) is 58.4 Å². The van der Waals surface area contributed by atoms with Gasteiger partial charge in [0.1, 0.15) is 6.04 Å². The standard InChI is InChI=1S/C27H39N3O4S/c1-4-6-10-13-28-25(33)23-27-17(3)14-20(35-27)21(22(27)26(34)30(23)19(5-2)16-31)24(32)29-15-18-11-8-7-9-12-18/h7-9,11-12,17,19-23,31H,4-6,10,13-16H2,1-3H3,(H,28,33)(H,29,32)/t17?,19-,20-,21+,22-,23?,27?/m0/s1. The van der Waals surface area contributed by atoms with Crippen molar-refractivity contribution in [2.45, 2.75) is 81.5 Å². The van der Waals surface area contributed by atoms with Crippen molar-refractivity contribution in [2.75, 3.05) is 13.2 Å². The third-order valence-corrected chi connectivity index (χ3v) is 10.3. The number of fused-ring (bicyclic) bond motifs is 1. The summed E-state index contributed by atoms with van der Waals surface area (Å²) in [5.74, 6) is -1.31. The minimum absolute atomic E-state index is 0.0152. The molecule has 0 radical (unpaired) electrons. The number of aliphatic hydroxyl groups is 1. The van der Waals surface area contributed by atoms with Gasteiger partial charge in [-0.1, -0.05) is 63.9 Å². The molecule has 8 heteroatoms. The molecule has 3 aliphatic heterocycles. The summed E-state index contributed by atoms with van der Waals surface area (Å²) in [4.78, 5) is 42.8. The van der Waals surface area contributed by atoms with E-state index in [0.29, 0.717) is 19.5 Å². The van der Waals surface area contributed by atoms with Crippen molar-refractivity contribution >= 4 is 29.5 Å². The van der Waals surface area contributed by atoms with E-state index in [1.807, 2.05) is 37.3 Å². The van der Waals surface area contributed by atoms with E-state index < -0.39 is 28.7 Å². The van der Waals surface area contributed by atoms with Crippen molar-refractivity contribution in [3.63, 3.8) is 0 Å². The second-order valence-corrected chi connectivity index (χ2v) is 11.8. The Labute approximate surface area is 212 Å². The summed E-state index contributed by atoms with van der Waals surface area (Å²) in [7, 11) is 0. The number of carbonyl (C=O) groups is 3. The third kappa shape index (κ3) is 4.48. The van der Waals surface area contributed by atoms with Crippen LogP contribution in [0.5, 0.6) is 0 Å². The second kappa shape index (κ2) is 10.9. The quantitative estimate of drug-likeness (QED) is 0.405. The lowest BCUT2D eigenvalue weighted by molar-refractivity contribution is -0.142. The lowest BCUT2D eigenvalue weighted by Crippen LogP contribution is -2.58. The summed E-state index contributed by atoms with van der Waals surface area (Å²) in [6, 6.07) is 8.64. The SMILES string of the molecule is CCCCCNC(=O)C1N([C@@H](CC)CO)C(=O)[C@@H]2[C@H](C(=O)NCc3ccccc3)[C@@H]3CC(C)C12S3. The van der Waals surface area contributed by atoms with Gasteiger partial charge in [0, 0.05) is 18.3 Å². The molecule has 3 aliphatic rings. The first-order chi connectivity index (χ1) is 16.9. The van der Waals surface area contributed by atoms with Gasteiger partial charge in [0.2, 0.25) is 17.7 Å². The average molecular weight is 502 g/mol. The molecule has 192 valence electrons. The zero-order chi connectivity index (χ0) is 25.2. The van der Waals surface area contributed by atoms with E-state index in [9.17, 15) is 19.5 Å². The van der Waals surface area contributed by atoms with Gasteiger partial charge < -0.3 is 20.6 Å². The van der Waals surface area contributed by atoms with Gasteiger partial charge in [-0.2, -0.15) is 0 Å². The van der Waals surface area contributed by atoms with Gasteiger partial charge in [-0.05, 0) is 30.7 Å². The van der Waals surface area contributed by atoms with Crippen LogP contribution in [0.4, 0.5) is 0 Å². The van der Waals surface area contributed by atoms with Crippen molar-refractivity contribution in [3.05, 3.63) is 35.9 Å². The Morgan fingerprint density at radius 1 is 1.17 bits per heavy atom. The van der Waals surface area contributed by atoms with Gasteiger partial charge in [-0.15, -0.1) is 11.8 Å². The molecule has 3 N–H and O–H groups in total. The van der Waals surface area contributed by atoms with Crippen molar-refractivity contribution < 1.29 is 19.5 Å². The van der Waals surface area contributed by atoms with E-state index in [4.69, 9.17) is 0 Å². The fourth-order valence-corrected chi connectivity index (χ4v) is 8.86. The summed E-state index contributed by atoms with van der Waals surface area (Å²) in [5, 5.41) is 16.3. The van der Waals surface area contributed by atoms with Crippen LogP contribution in [0.15, 0.2) is 30.3 Å². The summed E-state index contributed by atoms with van der Waals surface area (Å²) >= 11 is 1.68. The minimum Gasteiger partial charge on any atom is -0.394 e. The highest BCUT2D eigenvalue weighted by Crippen LogP contribution is 2.68. The molecular formula is C27H39N3O4S. The number of nitrogens with zero attached hydrogens (tertiary/aromatic N) is 1. The molecule has 3 heterocycles. The molecule has 0 saturated carbocycles. The summed E-state index contributed by atoms with van der Waals surface area (Å²) in [5.41, 5.74) is 1.01. The number of nitrogens with one attached hydrogen (secondary N) is 2. The largest absolute Gasteiger partial charge is 0.394 e. The minimum atomic E-state index is -0.671. The molecule has 3 unspecified atom stereocenters. The number of hydrogen-bond acceptors (Lipinski definition) is 5. The van der Waals surface area contributed by atoms with E-state index in [-0.39, 0.29) is 35.5 Å². The third-order valence-electron chi connectivity index (χ3n) is 8.20. The molecule has 4 rings (SSSR count). The summed E-state index contributed by atoms with van der Waals surface area (Å²) in [6.07, 6.45) is 4.35. The molecule has 2 bridgehead atoms. The Balaban J connectivity index is 1.62. The number of rotatable bonds is 11. The van der Waals surface area contributed by atoms with Crippen LogP contribution >= 0.6 is 11.8 Å². The van der Waals surface area contributed by atoms with E-state index in [2.05, 4.69) is 24.5 Å². The predicted molar refractivity (Wildman–Crippen MR) is 137 cm³/mol. The van der Waals surface area contributed by atoms with Gasteiger partial charge in [0.25, 0.3) is 0 Å². The van der Waals surface area contributed by atoms with Gasteiger partial charge >= 0.3 is 0 Å². The first-order valence-electron chi connectivity index (χ1n) is 13.1. The zero-order valence-corrected chi connectivity index (χ0v) is 21.9. The molecule has 1 spiro atoms. The molecule has 3 fully saturated rings. The van der Waals surface area contributed by atoms with Crippen molar-refractivity contribution in [1.82, 2.24) is 15.5 Å². The van der Waals surface area contributed by atoms with Gasteiger partial charge in [-0.3, -0.25) is 14.4 Å². The average Bonchev–Trinajstić information content (AvgIpc) is 3.46. The van der Waals surface area contributed by atoms with Crippen LogP contribution in [0, 0.1) is 17.8 Å². The second-order valence-electron chi connectivity index (χ2n) is 10.2. The van der Waals surface area contributed by atoms with Gasteiger partial charge in [-0.25, -0.2) is 0 Å². The normalized spacial score (nSPS) is 31.9. The maximum atomic E-state index is 14.0. The van der Waals surface area contributed by atoms with Crippen LogP contribution < -0.4 is 10.6 Å². The highest BCUT2D eigenvalue weighted by Gasteiger charge is 2.76. The van der Waals surface area contributed by atoms with E-state index in [1.165, 1.54) is 0 Å². The molecule has 0 aliphatic carbocycles. The molecular weight excluding hydrogens is 462 g/mol. The Kier molecular flexibility index (Phi) is 8.11. The first-order valence-corrected chi connectivity index (χ1v) is 14.0. The van der Waals surface area contributed by atoms with Crippen molar-refractivity contribution in [2.24, 2.45) is 17.8 Å². The van der Waals surface area contributed by atoms with Crippen molar-refractivity contribution in [3.8, 4) is 0 Å². The van der Waals surface area contributed by atoms with Crippen LogP contribution in [0.2, 0.25) is 0 Å². The van der Waals surface area contributed by atoms with Crippen molar-refractivity contribution in [1.29, 1.82) is 0 Å². The van der Waals surface area contributed by atoms with Crippen LogP contribution in [0.3, 0.4) is 0 Å². The monoisotopic (exact) mass is 501 g/mol. The molecule has 7 atom stereocenters. The van der Waals surface area contributed by atoms with E-state index >= 15 is 0 Å². The highest BCUT2D eigenvalue weighted by atomic mass is 32.2. The summed E-state index contributed by atoms with van der Waals surface area (Å²) < 4.78 is -0.645. The molecule has 7 nitrogen and oxygen atoms in total. The molecule has 3 saturated heterocycles. The Bertz CT molecular complexity index is 924. The van der Waals surface area contributed by atoms with Crippen LogP contribution in [-0.4, -0.2) is 63.0 Å². The van der Waals surface area contributed by atoms with Crippen LogP contribution in [-0.2, 0) is 20.9 Å². The molecule has 1 aromatic rings. The number of thioether (sulfide) groups is 1. The Morgan fingerprint density at radius 3 is 2.57 bits per heavy atom. The lowest BCUT2D eigenvalue weighted by atomic mass is 9.66. The number of amides is 3. The number of benzene rings is 1. The maximum absolute atomic E-state index is 14.0. The smallest absolute Gasteiger partial charge is 0.244 e.